The Labute approximate surface area is 138 Å². The zero-order valence-electron chi connectivity index (χ0n) is 14.0. The van der Waals surface area contributed by atoms with Gasteiger partial charge >= 0.3 is 0 Å². The van der Waals surface area contributed by atoms with Gasteiger partial charge in [0.1, 0.15) is 11.5 Å². The van der Waals surface area contributed by atoms with Gasteiger partial charge in [-0.25, -0.2) is 0 Å². The molecule has 1 unspecified atom stereocenters. The highest BCUT2D eigenvalue weighted by Crippen LogP contribution is 2.17. The molecule has 1 aliphatic rings. The van der Waals surface area contributed by atoms with Crippen LogP contribution in [0.2, 0.25) is 0 Å². The molecule has 0 spiro atoms. The minimum Gasteiger partial charge on any atom is -0.494 e. The maximum Gasteiger partial charge on any atom is 0.220 e. The van der Waals surface area contributed by atoms with E-state index in [0.29, 0.717) is 19.6 Å². The maximum atomic E-state index is 11.7. The molecule has 0 bridgehead atoms. The van der Waals surface area contributed by atoms with Gasteiger partial charge < -0.3 is 20.1 Å². The summed E-state index contributed by atoms with van der Waals surface area (Å²) in [6.45, 7) is 6.15. The number of amides is 1. The van der Waals surface area contributed by atoms with E-state index in [1.165, 1.54) is 6.42 Å². The number of hydrogen-bond acceptors (Lipinski definition) is 4. The van der Waals surface area contributed by atoms with Gasteiger partial charge in [-0.15, -0.1) is 0 Å². The van der Waals surface area contributed by atoms with Gasteiger partial charge in [-0.3, -0.25) is 4.79 Å². The van der Waals surface area contributed by atoms with Crippen LogP contribution in [0.25, 0.3) is 0 Å². The fourth-order valence-electron chi connectivity index (χ4n) is 2.69. The number of rotatable bonds is 10. The molecule has 0 saturated carbocycles. The maximum absolute atomic E-state index is 11.7. The molecule has 1 aromatic carbocycles. The predicted octanol–water partition coefficient (Wildman–Crippen LogP) is 2.36. The van der Waals surface area contributed by atoms with Crippen molar-refractivity contribution in [3.05, 3.63) is 24.3 Å². The molecule has 1 atom stereocenters. The topological polar surface area (TPSA) is 59.6 Å². The van der Waals surface area contributed by atoms with Crippen LogP contribution < -0.4 is 20.1 Å². The molecule has 2 N–H and O–H groups in total. The predicted molar refractivity (Wildman–Crippen MR) is 90.9 cm³/mol. The summed E-state index contributed by atoms with van der Waals surface area (Å²) in [6, 6.07) is 7.56. The summed E-state index contributed by atoms with van der Waals surface area (Å²) < 4.78 is 11.0. The average Bonchev–Trinajstić information content (AvgIpc) is 3.07. The number of carbonyl (C=O) groups is 1. The summed E-state index contributed by atoms with van der Waals surface area (Å²) in [6.07, 6.45) is 3.54. The Balaban J connectivity index is 1.51. The molecule has 0 aromatic heterocycles. The molecule has 128 valence electrons. The van der Waals surface area contributed by atoms with Crippen LogP contribution in [0.5, 0.6) is 11.5 Å². The van der Waals surface area contributed by atoms with Gasteiger partial charge in [0.15, 0.2) is 0 Å². The number of hydrogen-bond donors (Lipinski definition) is 2. The first kappa shape index (κ1) is 17.6. The Kier molecular flexibility index (Phi) is 7.73. The summed E-state index contributed by atoms with van der Waals surface area (Å²) in [4.78, 5) is 11.7. The van der Waals surface area contributed by atoms with Gasteiger partial charge in [-0.1, -0.05) is 0 Å². The lowest BCUT2D eigenvalue weighted by Crippen LogP contribution is -2.26. The molecule has 1 saturated heterocycles. The molecule has 2 rings (SSSR count). The first-order valence-electron chi connectivity index (χ1n) is 8.61. The van der Waals surface area contributed by atoms with E-state index in [0.717, 1.165) is 49.9 Å². The lowest BCUT2D eigenvalue weighted by molar-refractivity contribution is -0.121. The van der Waals surface area contributed by atoms with E-state index in [4.69, 9.17) is 9.47 Å². The monoisotopic (exact) mass is 320 g/mol. The summed E-state index contributed by atoms with van der Waals surface area (Å²) in [5.41, 5.74) is 0. The molecule has 1 amide bonds. The summed E-state index contributed by atoms with van der Waals surface area (Å²) in [5.74, 6) is 2.49. The molecule has 1 aliphatic heterocycles. The van der Waals surface area contributed by atoms with Gasteiger partial charge in [-0.05, 0) is 69.5 Å². The molecule has 23 heavy (non-hydrogen) atoms. The van der Waals surface area contributed by atoms with Crippen LogP contribution in [0.1, 0.15) is 32.6 Å². The van der Waals surface area contributed by atoms with Crippen molar-refractivity contribution < 1.29 is 14.3 Å². The van der Waals surface area contributed by atoms with Gasteiger partial charge in [0, 0.05) is 13.0 Å². The van der Waals surface area contributed by atoms with Crippen LogP contribution in [-0.2, 0) is 4.79 Å². The summed E-state index contributed by atoms with van der Waals surface area (Å²) >= 11 is 0. The highest BCUT2D eigenvalue weighted by atomic mass is 16.5. The molecule has 1 fully saturated rings. The fourth-order valence-corrected chi connectivity index (χ4v) is 2.69. The van der Waals surface area contributed by atoms with Gasteiger partial charge in [0.05, 0.1) is 13.2 Å². The molecule has 5 nitrogen and oxygen atoms in total. The van der Waals surface area contributed by atoms with Gasteiger partial charge in [0.2, 0.25) is 5.91 Å². The fraction of sp³-hybridized carbons (Fsp3) is 0.611. The first-order valence-corrected chi connectivity index (χ1v) is 8.61. The van der Waals surface area contributed by atoms with Crippen molar-refractivity contribution >= 4 is 5.91 Å². The normalized spacial score (nSPS) is 17.0. The Hall–Kier alpha value is -1.75. The number of carbonyl (C=O) groups excluding carboxylic acids is 1. The van der Waals surface area contributed by atoms with E-state index in [-0.39, 0.29) is 5.91 Å². The summed E-state index contributed by atoms with van der Waals surface area (Å²) in [5, 5.41) is 6.33. The number of benzene rings is 1. The van der Waals surface area contributed by atoms with Crippen LogP contribution in [-0.4, -0.2) is 38.8 Å². The van der Waals surface area contributed by atoms with E-state index >= 15 is 0 Å². The Morgan fingerprint density at radius 2 is 2.00 bits per heavy atom. The zero-order chi connectivity index (χ0) is 16.3. The van der Waals surface area contributed by atoms with Crippen LogP contribution in [0.4, 0.5) is 0 Å². The van der Waals surface area contributed by atoms with Crippen molar-refractivity contribution in [3.63, 3.8) is 0 Å². The van der Waals surface area contributed by atoms with Gasteiger partial charge in [-0.2, -0.15) is 0 Å². The van der Waals surface area contributed by atoms with Crippen LogP contribution in [0.3, 0.4) is 0 Å². The smallest absolute Gasteiger partial charge is 0.220 e. The standard InChI is InChI=1S/C18H28N2O3/c1-2-22-16-5-7-17(8-6-16)23-13-3-4-18(21)20-12-10-15-9-11-19-14-15/h5-8,15,19H,2-4,9-14H2,1H3,(H,20,21). The third-order valence-electron chi connectivity index (χ3n) is 3.99. The highest BCUT2D eigenvalue weighted by Gasteiger charge is 2.13. The lowest BCUT2D eigenvalue weighted by Gasteiger charge is -2.10. The van der Waals surface area contributed by atoms with E-state index < -0.39 is 0 Å². The first-order chi connectivity index (χ1) is 11.3. The Morgan fingerprint density at radius 3 is 2.65 bits per heavy atom. The Morgan fingerprint density at radius 1 is 1.26 bits per heavy atom. The van der Waals surface area contributed by atoms with Crippen molar-refractivity contribution in [2.45, 2.75) is 32.6 Å². The quantitative estimate of drug-likeness (QED) is 0.650. The van der Waals surface area contributed by atoms with Crippen molar-refractivity contribution in [2.24, 2.45) is 5.92 Å². The lowest BCUT2D eigenvalue weighted by atomic mass is 10.1. The average molecular weight is 320 g/mol. The molecular weight excluding hydrogens is 292 g/mol. The minimum atomic E-state index is 0.117. The second-order valence-electron chi connectivity index (χ2n) is 5.85. The van der Waals surface area contributed by atoms with E-state index in [9.17, 15) is 4.79 Å². The Bertz CT molecular complexity index is 456. The number of nitrogens with one attached hydrogen (secondary N) is 2. The van der Waals surface area contributed by atoms with Crippen molar-refractivity contribution in [2.75, 3.05) is 32.8 Å². The largest absolute Gasteiger partial charge is 0.494 e. The van der Waals surface area contributed by atoms with Crippen LogP contribution >= 0.6 is 0 Å². The summed E-state index contributed by atoms with van der Waals surface area (Å²) in [7, 11) is 0. The number of ether oxygens (including phenoxy) is 2. The zero-order valence-corrected chi connectivity index (χ0v) is 14.0. The minimum absolute atomic E-state index is 0.117. The molecule has 5 heteroatoms. The highest BCUT2D eigenvalue weighted by molar-refractivity contribution is 5.75. The molecule has 0 radical (unpaired) electrons. The van der Waals surface area contributed by atoms with Crippen LogP contribution in [0, 0.1) is 5.92 Å². The molecule has 1 heterocycles. The second-order valence-corrected chi connectivity index (χ2v) is 5.85. The van der Waals surface area contributed by atoms with Crippen molar-refractivity contribution in [1.82, 2.24) is 10.6 Å². The van der Waals surface area contributed by atoms with Gasteiger partial charge in [0.25, 0.3) is 0 Å². The SMILES string of the molecule is CCOc1ccc(OCCCC(=O)NCCC2CCNC2)cc1. The van der Waals surface area contributed by atoms with Crippen molar-refractivity contribution in [3.8, 4) is 11.5 Å². The van der Waals surface area contributed by atoms with Crippen LogP contribution in [0.15, 0.2) is 24.3 Å². The van der Waals surface area contributed by atoms with E-state index in [1.54, 1.807) is 0 Å². The van der Waals surface area contributed by atoms with E-state index in [1.807, 2.05) is 31.2 Å². The third kappa shape index (κ3) is 6.91. The molecule has 1 aromatic rings. The van der Waals surface area contributed by atoms with Crippen molar-refractivity contribution in [1.29, 1.82) is 0 Å². The molecular formula is C18H28N2O3. The third-order valence-corrected chi connectivity index (χ3v) is 3.99. The van der Waals surface area contributed by atoms with E-state index in [2.05, 4.69) is 10.6 Å². The second kappa shape index (κ2) is 10.1. The molecule has 0 aliphatic carbocycles.